The van der Waals surface area contributed by atoms with Gasteiger partial charge < -0.3 is 10.1 Å². The number of rotatable bonds is 5. The second kappa shape index (κ2) is 7.67. The lowest BCUT2D eigenvalue weighted by molar-refractivity contribution is 0.102. The average molecular weight is 331 g/mol. The second-order valence-corrected chi connectivity index (χ2v) is 6.17. The maximum Gasteiger partial charge on any atom is 0.255 e. The summed E-state index contributed by atoms with van der Waals surface area (Å²) in [5.74, 6) is 1.84. The second-order valence-electron chi connectivity index (χ2n) is 6.17. The molecule has 3 rings (SSSR count). The average Bonchev–Trinajstić information content (AvgIpc) is 2.64. The van der Waals surface area contributed by atoms with Crippen molar-refractivity contribution >= 4 is 11.6 Å². The van der Waals surface area contributed by atoms with Crippen molar-refractivity contribution in [2.24, 2.45) is 0 Å². The van der Waals surface area contributed by atoms with Crippen molar-refractivity contribution in [2.45, 2.75) is 19.8 Å². The quantitative estimate of drug-likeness (QED) is 0.636. The zero-order valence-corrected chi connectivity index (χ0v) is 14.4. The van der Waals surface area contributed by atoms with E-state index in [4.69, 9.17) is 4.74 Å². The van der Waals surface area contributed by atoms with E-state index in [1.807, 2.05) is 78.9 Å². The minimum Gasteiger partial charge on any atom is -0.457 e. The van der Waals surface area contributed by atoms with Crippen LogP contribution >= 0.6 is 0 Å². The topological polar surface area (TPSA) is 38.3 Å². The predicted molar refractivity (Wildman–Crippen MR) is 101 cm³/mol. The Morgan fingerprint density at radius 1 is 0.800 bits per heavy atom. The van der Waals surface area contributed by atoms with Gasteiger partial charge in [-0.3, -0.25) is 4.79 Å². The fourth-order valence-electron chi connectivity index (χ4n) is 2.45. The highest BCUT2D eigenvalue weighted by Gasteiger charge is 2.07. The lowest BCUT2D eigenvalue weighted by Crippen LogP contribution is -2.11. The number of hydrogen-bond donors (Lipinski definition) is 1. The Balaban J connectivity index is 1.63. The molecule has 25 heavy (non-hydrogen) atoms. The van der Waals surface area contributed by atoms with Crippen molar-refractivity contribution in [1.29, 1.82) is 0 Å². The molecule has 0 aliphatic rings. The van der Waals surface area contributed by atoms with Crippen LogP contribution in [0.15, 0.2) is 78.9 Å². The van der Waals surface area contributed by atoms with Crippen LogP contribution in [0.3, 0.4) is 0 Å². The van der Waals surface area contributed by atoms with Crippen LogP contribution < -0.4 is 10.1 Å². The number of hydrogen-bond acceptors (Lipinski definition) is 2. The molecule has 0 spiro atoms. The first-order valence-corrected chi connectivity index (χ1v) is 8.36. The van der Waals surface area contributed by atoms with Crippen molar-refractivity contribution in [3.05, 3.63) is 90.0 Å². The Labute approximate surface area is 148 Å². The van der Waals surface area contributed by atoms with Gasteiger partial charge >= 0.3 is 0 Å². The zero-order chi connectivity index (χ0) is 17.6. The summed E-state index contributed by atoms with van der Waals surface area (Å²) in [4.78, 5) is 12.3. The van der Waals surface area contributed by atoms with E-state index in [-0.39, 0.29) is 5.91 Å². The van der Waals surface area contributed by atoms with E-state index in [9.17, 15) is 4.79 Å². The number of nitrogens with one attached hydrogen (secondary N) is 1. The molecule has 126 valence electrons. The third-order valence-electron chi connectivity index (χ3n) is 3.93. The summed E-state index contributed by atoms with van der Waals surface area (Å²) in [5, 5.41) is 2.90. The zero-order valence-electron chi connectivity index (χ0n) is 14.4. The van der Waals surface area contributed by atoms with E-state index in [0.29, 0.717) is 11.5 Å². The molecule has 0 atom stereocenters. The monoisotopic (exact) mass is 331 g/mol. The van der Waals surface area contributed by atoms with Crippen molar-refractivity contribution in [3.8, 4) is 11.5 Å². The summed E-state index contributed by atoms with van der Waals surface area (Å²) >= 11 is 0. The molecule has 0 saturated carbocycles. The van der Waals surface area contributed by atoms with E-state index in [2.05, 4.69) is 19.2 Å². The van der Waals surface area contributed by atoms with Crippen molar-refractivity contribution < 1.29 is 9.53 Å². The van der Waals surface area contributed by atoms with Gasteiger partial charge in [-0.15, -0.1) is 0 Å². The van der Waals surface area contributed by atoms with Crippen LogP contribution in [0.2, 0.25) is 0 Å². The summed E-state index contributed by atoms with van der Waals surface area (Å²) in [7, 11) is 0. The molecule has 3 heteroatoms. The van der Waals surface area contributed by atoms with E-state index >= 15 is 0 Å². The van der Waals surface area contributed by atoms with Gasteiger partial charge in [-0.05, 0) is 60.0 Å². The summed E-state index contributed by atoms with van der Waals surface area (Å²) < 4.78 is 5.75. The minimum atomic E-state index is -0.118. The molecule has 0 unspecified atom stereocenters. The molecular formula is C22H21NO2. The van der Waals surface area contributed by atoms with Crippen LogP contribution in [0.1, 0.15) is 35.7 Å². The van der Waals surface area contributed by atoms with Crippen LogP contribution in [-0.2, 0) is 0 Å². The highest BCUT2D eigenvalue weighted by Crippen LogP contribution is 2.23. The van der Waals surface area contributed by atoms with Gasteiger partial charge in [0.15, 0.2) is 0 Å². The summed E-state index contributed by atoms with van der Waals surface area (Å²) in [5.41, 5.74) is 2.60. The molecule has 0 heterocycles. The number of benzene rings is 3. The molecule has 0 aliphatic heterocycles. The summed E-state index contributed by atoms with van der Waals surface area (Å²) in [6.45, 7) is 4.27. The number of amides is 1. The van der Waals surface area contributed by atoms with Gasteiger partial charge in [0.25, 0.3) is 5.91 Å². The standard InChI is InChI=1S/C22H21NO2/c1-16(2)17-8-10-18(11-9-17)22(24)23-19-12-14-21(15-13-19)25-20-6-4-3-5-7-20/h3-16H,1-2H3,(H,23,24). The fourth-order valence-corrected chi connectivity index (χ4v) is 2.45. The van der Waals surface area contributed by atoms with Crippen molar-refractivity contribution in [3.63, 3.8) is 0 Å². The molecule has 0 aliphatic carbocycles. The number of ether oxygens (including phenoxy) is 1. The molecular weight excluding hydrogens is 310 g/mol. The first kappa shape index (κ1) is 16.8. The molecule has 0 fully saturated rings. The Kier molecular flexibility index (Phi) is 5.14. The SMILES string of the molecule is CC(C)c1ccc(C(=O)Nc2ccc(Oc3ccccc3)cc2)cc1. The number of para-hydroxylation sites is 1. The van der Waals surface area contributed by atoms with Crippen molar-refractivity contribution in [2.75, 3.05) is 5.32 Å². The Morgan fingerprint density at radius 2 is 1.40 bits per heavy atom. The van der Waals surface area contributed by atoms with Gasteiger partial charge in [-0.1, -0.05) is 44.2 Å². The van der Waals surface area contributed by atoms with Crippen molar-refractivity contribution in [1.82, 2.24) is 0 Å². The number of carbonyl (C=O) groups excluding carboxylic acids is 1. The number of anilines is 1. The molecule has 0 aromatic heterocycles. The molecule has 3 aromatic rings. The number of carbonyl (C=O) groups is 1. The van der Waals surface area contributed by atoms with Crippen LogP contribution in [0.5, 0.6) is 11.5 Å². The highest BCUT2D eigenvalue weighted by atomic mass is 16.5. The van der Waals surface area contributed by atoms with E-state index in [0.717, 1.165) is 17.2 Å². The minimum absolute atomic E-state index is 0.118. The van der Waals surface area contributed by atoms with Gasteiger partial charge in [0.2, 0.25) is 0 Å². The smallest absolute Gasteiger partial charge is 0.255 e. The molecule has 0 saturated heterocycles. The summed E-state index contributed by atoms with van der Waals surface area (Å²) in [6, 6.07) is 24.6. The maximum absolute atomic E-state index is 12.3. The van der Waals surface area contributed by atoms with Gasteiger partial charge in [-0.25, -0.2) is 0 Å². The van der Waals surface area contributed by atoms with Crippen LogP contribution in [-0.4, -0.2) is 5.91 Å². The molecule has 1 amide bonds. The largest absolute Gasteiger partial charge is 0.457 e. The fraction of sp³-hybridized carbons (Fsp3) is 0.136. The van der Waals surface area contributed by atoms with Crippen LogP contribution in [0, 0.1) is 0 Å². The van der Waals surface area contributed by atoms with Gasteiger partial charge in [-0.2, -0.15) is 0 Å². The highest BCUT2D eigenvalue weighted by molar-refractivity contribution is 6.04. The third-order valence-corrected chi connectivity index (χ3v) is 3.93. The van der Waals surface area contributed by atoms with Crippen LogP contribution in [0.25, 0.3) is 0 Å². The Hall–Kier alpha value is -3.07. The Bertz CT molecular complexity index is 822. The van der Waals surface area contributed by atoms with E-state index in [1.54, 1.807) is 0 Å². The van der Waals surface area contributed by atoms with Gasteiger partial charge in [0, 0.05) is 11.3 Å². The molecule has 0 radical (unpaired) electrons. The van der Waals surface area contributed by atoms with Gasteiger partial charge in [0.05, 0.1) is 0 Å². The predicted octanol–water partition coefficient (Wildman–Crippen LogP) is 5.85. The first-order valence-electron chi connectivity index (χ1n) is 8.36. The summed E-state index contributed by atoms with van der Waals surface area (Å²) in [6.07, 6.45) is 0. The van der Waals surface area contributed by atoms with E-state index in [1.165, 1.54) is 5.56 Å². The lowest BCUT2D eigenvalue weighted by atomic mass is 10.0. The molecule has 1 N–H and O–H groups in total. The van der Waals surface area contributed by atoms with E-state index < -0.39 is 0 Å². The molecule has 3 nitrogen and oxygen atoms in total. The molecule has 0 bridgehead atoms. The first-order chi connectivity index (χ1) is 12.1. The van der Waals surface area contributed by atoms with Crippen LogP contribution in [0.4, 0.5) is 5.69 Å². The maximum atomic E-state index is 12.3. The Morgan fingerprint density at radius 3 is 2.00 bits per heavy atom. The normalized spacial score (nSPS) is 10.5. The molecule has 3 aromatic carbocycles. The van der Waals surface area contributed by atoms with Gasteiger partial charge in [0.1, 0.15) is 11.5 Å². The third kappa shape index (κ3) is 4.48. The lowest BCUT2D eigenvalue weighted by Gasteiger charge is -2.09.